The van der Waals surface area contributed by atoms with Gasteiger partial charge in [0.1, 0.15) is 10.8 Å². The Hall–Kier alpha value is -1.42. The maximum Gasteiger partial charge on any atom is 0.288 e. The molecule has 0 spiro atoms. The third-order valence-electron chi connectivity index (χ3n) is 1.64. The van der Waals surface area contributed by atoms with Crippen molar-refractivity contribution in [2.24, 2.45) is 7.05 Å². The van der Waals surface area contributed by atoms with Gasteiger partial charge in [0.15, 0.2) is 5.21 Å². The van der Waals surface area contributed by atoms with Crippen LogP contribution in [0.25, 0.3) is 5.69 Å². The van der Waals surface area contributed by atoms with E-state index < -0.39 is 0 Å². The van der Waals surface area contributed by atoms with Crippen molar-refractivity contribution in [3.63, 3.8) is 0 Å². The van der Waals surface area contributed by atoms with Crippen molar-refractivity contribution in [2.75, 3.05) is 0 Å². The van der Waals surface area contributed by atoms with Gasteiger partial charge < -0.3 is 12.4 Å². The minimum atomic E-state index is 0. The van der Waals surface area contributed by atoms with Gasteiger partial charge in [-0.25, -0.2) is 0 Å². The van der Waals surface area contributed by atoms with Gasteiger partial charge in [-0.2, -0.15) is 4.68 Å². The Morgan fingerprint density at radius 2 is 1.92 bits per heavy atom. The molecule has 0 aliphatic carbocycles. The van der Waals surface area contributed by atoms with Crippen LogP contribution in [0.4, 0.5) is 0 Å². The first-order valence-electron chi connectivity index (χ1n) is 3.70. The zero-order chi connectivity index (χ0) is 8.39. The van der Waals surface area contributed by atoms with Gasteiger partial charge in [-0.1, -0.05) is 18.2 Å². The van der Waals surface area contributed by atoms with E-state index in [-0.39, 0.29) is 12.4 Å². The van der Waals surface area contributed by atoms with Gasteiger partial charge in [-0.3, -0.25) is 0 Å². The average molecular weight is 197 g/mol. The van der Waals surface area contributed by atoms with E-state index in [0.29, 0.717) is 0 Å². The van der Waals surface area contributed by atoms with E-state index >= 15 is 0 Å². The van der Waals surface area contributed by atoms with E-state index in [9.17, 15) is 0 Å². The van der Waals surface area contributed by atoms with E-state index in [1.165, 1.54) is 0 Å². The van der Waals surface area contributed by atoms with Crippen molar-refractivity contribution in [1.29, 1.82) is 0 Å². The van der Waals surface area contributed by atoms with Crippen LogP contribution in [0.15, 0.2) is 36.7 Å². The zero-order valence-corrected chi connectivity index (χ0v) is 7.89. The quantitative estimate of drug-likeness (QED) is 0.459. The van der Waals surface area contributed by atoms with Gasteiger partial charge in [-0.15, -0.1) is 0 Å². The number of hydrogen-bond donors (Lipinski definition) is 0. The predicted octanol–water partition coefficient (Wildman–Crippen LogP) is -2.90. The summed E-state index contributed by atoms with van der Waals surface area (Å²) >= 11 is 0. The molecule has 0 N–H and O–H groups in total. The van der Waals surface area contributed by atoms with Crippen molar-refractivity contribution in [1.82, 2.24) is 15.1 Å². The zero-order valence-electron chi connectivity index (χ0n) is 7.13. The van der Waals surface area contributed by atoms with Crippen LogP contribution in [-0.4, -0.2) is 15.1 Å². The number of halogens is 1. The summed E-state index contributed by atoms with van der Waals surface area (Å²) in [7, 11) is 1.90. The fourth-order valence-electron chi connectivity index (χ4n) is 1.05. The van der Waals surface area contributed by atoms with Crippen LogP contribution < -0.4 is 17.1 Å². The average Bonchev–Trinajstić information content (AvgIpc) is 2.53. The first-order valence-corrected chi connectivity index (χ1v) is 3.70. The number of para-hydroxylation sites is 1. The topological polar surface area (TPSA) is 34.6 Å². The Kier molecular flexibility index (Phi) is 2.97. The summed E-state index contributed by atoms with van der Waals surface area (Å²) in [6.07, 6.45) is 1.66. The Bertz CT molecular complexity index is 371. The van der Waals surface area contributed by atoms with Crippen LogP contribution in [0.3, 0.4) is 0 Å². The summed E-state index contributed by atoms with van der Waals surface area (Å²) in [5.74, 6) is 0. The van der Waals surface area contributed by atoms with E-state index in [0.717, 1.165) is 5.69 Å². The van der Waals surface area contributed by atoms with Crippen LogP contribution in [0.5, 0.6) is 0 Å². The molecule has 2 aromatic rings. The molecule has 0 bridgehead atoms. The summed E-state index contributed by atoms with van der Waals surface area (Å²) in [5, 5.41) is 7.69. The fraction of sp³-hybridized carbons (Fsp3) is 0.125. The molecular formula is C8H9ClN4. The first-order chi connectivity index (χ1) is 5.88. The molecule has 0 radical (unpaired) electrons. The molecule has 68 valence electrons. The lowest BCUT2D eigenvalue weighted by Crippen LogP contribution is -3.00. The number of aryl methyl sites for hydroxylation is 1. The van der Waals surface area contributed by atoms with Crippen molar-refractivity contribution >= 4 is 0 Å². The van der Waals surface area contributed by atoms with Crippen LogP contribution >= 0.6 is 0 Å². The summed E-state index contributed by atoms with van der Waals surface area (Å²) in [4.78, 5) is 1.72. The smallest absolute Gasteiger partial charge is 0.288 e. The molecule has 0 saturated carbocycles. The molecule has 0 unspecified atom stereocenters. The van der Waals surface area contributed by atoms with Gasteiger partial charge in [0.2, 0.25) is 0 Å². The molecule has 0 amide bonds. The normalized spacial score (nSPS) is 9.31. The molecule has 1 aromatic heterocycles. The van der Waals surface area contributed by atoms with Gasteiger partial charge in [0, 0.05) is 0 Å². The summed E-state index contributed by atoms with van der Waals surface area (Å²) < 4.78 is 1.81. The lowest BCUT2D eigenvalue weighted by Gasteiger charge is -1.94. The van der Waals surface area contributed by atoms with Crippen LogP contribution in [0, 0.1) is 0 Å². The second kappa shape index (κ2) is 4.00. The molecule has 2 rings (SSSR count). The van der Waals surface area contributed by atoms with Crippen LogP contribution in [0.2, 0.25) is 0 Å². The largest absolute Gasteiger partial charge is 1.00 e. The highest BCUT2D eigenvalue weighted by molar-refractivity contribution is 5.26. The van der Waals surface area contributed by atoms with Gasteiger partial charge >= 0.3 is 0 Å². The number of rotatable bonds is 1. The summed E-state index contributed by atoms with van der Waals surface area (Å²) in [5.41, 5.74) is 1.01. The van der Waals surface area contributed by atoms with Crippen molar-refractivity contribution < 1.29 is 17.1 Å². The molecule has 0 aliphatic rings. The third kappa shape index (κ3) is 1.84. The maximum absolute atomic E-state index is 3.92. The number of tetrazole rings is 1. The lowest BCUT2D eigenvalue weighted by atomic mass is 10.3. The van der Waals surface area contributed by atoms with E-state index in [4.69, 9.17) is 0 Å². The lowest BCUT2D eigenvalue weighted by molar-refractivity contribution is -0.749. The monoisotopic (exact) mass is 196 g/mol. The van der Waals surface area contributed by atoms with Crippen molar-refractivity contribution in [3.8, 4) is 5.69 Å². The highest BCUT2D eigenvalue weighted by atomic mass is 35.5. The second-order valence-electron chi connectivity index (χ2n) is 2.52. The molecule has 0 aliphatic heterocycles. The number of aromatic nitrogens is 4. The molecule has 4 nitrogen and oxygen atoms in total. The van der Waals surface area contributed by atoms with Gasteiger partial charge in [0.05, 0.1) is 7.05 Å². The highest BCUT2D eigenvalue weighted by Gasteiger charge is 2.06. The number of nitrogens with zero attached hydrogens (tertiary/aromatic N) is 4. The molecule has 0 atom stereocenters. The van der Waals surface area contributed by atoms with E-state index in [1.807, 2.05) is 42.1 Å². The van der Waals surface area contributed by atoms with Crippen LogP contribution in [-0.2, 0) is 7.05 Å². The van der Waals surface area contributed by atoms with Crippen molar-refractivity contribution in [3.05, 3.63) is 36.7 Å². The molecule has 1 aromatic carbocycles. The minimum absolute atomic E-state index is 0. The van der Waals surface area contributed by atoms with E-state index in [2.05, 4.69) is 10.3 Å². The first kappa shape index (κ1) is 9.67. The molecule has 13 heavy (non-hydrogen) atoms. The molecule has 5 heteroatoms. The summed E-state index contributed by atoms with van der Waals surface area (Å²) in [6.45, 7) is 0. The van der Waals surface area contributed by atoms with Crippen LogP contribution in [0.1, 0.15) is 0 Å². The fourth-order valence-corrected chi connectivity index (χ4v) is 1.05. The molecule has 0 saturated heterocycles. The molecular weight excluding hydrogens is 188 g/mol. The Morgan fingerprint density at radius 3 is 2.46 bits per heavy atom. The standard InChI is InChI=1S/C8H9N4.ClH/c1-11-7-9-10-12(11)8-5-3-2-4-6-8;/h2-7H,1H3;1H/q+1;/p-1. The van der Waals surface area contributed by atoms with Gasteiger partial charge in [0.25, 0.3) is 6.33 Å². The second-order valence-corrected chi connectivity index (χ2v) is 2.52. The van der Waals surface area contributed by atoms with E-state index in [1.54, 1.807) is 11.1 Å². The Morgan fingerprint density at radius 1 is 1.23 bits per heavy atom. The van der Waals surface area contributed by atoms with Crippen molar-refractivity contribution in [2.45, 2.75) is 0 Å². The number of benzene rings is 1. The number of hydrogen-bond acceptors (Lipinski definition) is 2. The molecule has 0 fully saturated rings. The third-order valence-corrected chi connectivity index (χ3v) is 1.64. The SMILES string of the molecule is C[n+]1cnnn1-c1ccccc1.[Cl-]. The van der Waals surface area contributed by atoms with Gasteiger partial charge in [-0.05, 0) is 16.9 Å². The minimum Gasteiger partial charge on any atom is -1.00 e. The Labute approximate surface area is 82.2 Å². The molecule has 1 heterocycles. The maximum atomic E-state index is 3.92. The summed E-state index contributed by atoms with van der Waals surface area (Å²) in [6, 6.07) is 9.87. The highest BCUT2D eigenvalue weighted by Crippen LogP contribution is 1.99. The predicted molar refractivity (Wildman–Crippen MR) is 42.5 cm³/mol. The Balaban J connectivity index is 0.000000845.